The van der Waals surface area contributed by atoms with E-state index in [1.54, 1.807) is 25.4 Å². The molecule has 7 nitrogen and oxygen atoms in total. The lowest BCUT2D eigenvalue weighted by atomic mass is 9.67. The quantitative estimate of drug-likeness (QED) is 0.763. The van der Waals surface area contributed by atoms with Gasteiger partial charge in [0.2, 0.25) is 15.9 Å². The molecule has 2 fully saturated rings. The summed E-state index contributed by atoms with van der Waals surface area (Å²) >= 11 is 0. The molecule has 0 unspecified atom stereocenters. The smallest absolute Gasteiger partial charge is 0.244 e. The number of hydrogen-bond donors (Lipinski definition) is 1. The molecule has 1 saturated heterocycles. The Morgan fingerprint density at radius 3 is 2.68 bits per heavy atom. The van der Waals surface area contributed by atoms with Crippen molar-refractivity contribution < 1.29 is 17.9 Å². The van der Waals surface area contributed by atoms with E-state index >= 15 is 0 Å². The van der Waals surface area contributed by atoms with Crippen LogP contribution in [0.4, 0.5) is 5.69 Å². The fraction of sp³-hybridized carbons (Fsp3) is 0.478. The molecule has 1 aromatic heterocycles. The summed E-state index contributed by atoms with van der Waals surface area (Å²) in [5, 5.41) is 3.03. The van der Waals surface area contributed by atoms with Gasteiger partial charge >= 0.3 is 0 Å². The molecule has 1 aromatic carbocycles. The Balaban J connectivity index is 1.64. The number of aromatic nitrogens is 1. The number of carbonyl (C=O) groups is 1. The summed E-state index contributed by atoms with van der Waals surface area (Å²) in [4.78, 5) is 17.6. The van der Waals surface area contributed by atoms with Crippen molar-refractivity contribution in [3.8, 4) is 5.75 Å². The first-order valence-electron chi connectivity index (χ1n) is 10.7. The summed E-state index contributed by atoms with van der Waals surface area (Å²) < 4.78 is 33.4. The maximum absolute atomic E-state index is 13.5. The van der Waals surface area contributed by atoms with Gasteiger partial charge in [0, 0.05) is 25.5 Å². The van der Waals surface area contributed by atoms with Gasteiger partial charge in [0.15, 0.2) is 0 Å². The molecule has 166 valence electrons. The van der Waals surface area contributed by atoms with E-state index in [9.17, 15) is 13.2 Å². The van der Waals surface area contributed by atoms with E-state index in [2.05, 4.69) is 10.3 Å². The van der Waals surface area contributed by atoms with E-state index in [0.29, 0.717) is 18.0 Å². The number of rotatable bonds is 5. The highest BCUT2D eigenvalue weighted by atomic mass is 32.2. The highest BCUT2D eigenvalue weighted by Gasteiger charge is 2.53. The molecule has 1 aliphatic heterocycles. The van der Waals surface area contributed by atoms with Gasteiger partial charge in [0.25, 0.3) is 0 Å². The van der Waals surface area contributed by atoms with Gasteiger partial charge in [-0.25, -0.2) is 8.42 Å². The van der Waals surface area contributed by atoms with Crippen molar-refractivity contribution in [2.24, 2.45) is 11.3 Å². The maximum atomic E-state index is 13.5. The minimum Gasteiger partial charge on any atom is -0.495 e. The van der Waals surface area contributed by atoms with Crippen molar-refractivity contribution in [2.45, 2.75) is 43.9 Å². The fourth-order valence-electron chi connectivity index (χ4n) is 5.02. The van der Waals surface area contributed by atoms with Crippen LogP contribution in [0.15, 0.2) is 47.6 Å². The summed E-state index contributed by atoms with van der Waals surface area (Å²) in [5.74, 6) is 0.0358. The minimum absolute atomic E-state index is 0.144. The van der Waals surface area contributed by atoms with E-state index in [1.165, 1.54) is 10.5 Å². The number of nitrogens with one attached hydrogen (secondary N) is 1. The van der Waals surface area contributed by atoms with E-state index in [4.69, 9.17) is 4.74 Å². The van der Waals surface area contributed by atoms with Gasteiger partial charge in [-0.05, 0) is 55.0 Å². The minimum atomic E-state index is -3.71. The molecule has 1 aliphatic carbocycles. The largest absolute Gasteiger partial charge is 0.495 e. The number of carbonyl (C=O) groups excluding carboxylic acids is 1. The van der Waals surface area contributed by atoms with Crippen LogP contribution in [-0.2, 0) is 14.8 Å². The molecular weight excluding hydrogens is 414 g/mol. The molecule has 2 aliphatic rings. The van der Waals surface area contributed by atoms with Crippen LogP contribution >= 0.6 is 0 Å². The standard InChI is InChI=1S/C23H29N3O4S/c1-17-8-9-21(30-2)20(13-17)25-22(27)19-15-26(16-23(19)10-4-3-5-11-23)31(28,29)18-7-6-12-24-14-18/h6-9,12-14,19H,3-5,10-11,15-16H2,1-2H3,(H,25,27)/t19-/m0/s1. The highest BCUT2D eigenvalue weighted by molar-refractivity contribution is 7.89. The van der Waals surface area contributed by atoms with Crippen molar-refractivity contribution in [3.05, 3.63) is 48.3 Å². The van der Waals surface area contributed by atoms with Crippen LogP contribution in [0.25, 0.3) is 0 Å². The Morgan fingerprint density at radius 2 is 2.00 bits per heavy atom. The first-order valence-corrected chi connectivity index (χ1v) is 12.2. The van der Waals surface area contributed by atoms with Gasteiger partial charge in [-0.3, -0.25) is 9.78 Å². The lowest BCUT2D eigenvalue weighted by Gasteiger charge is -2.37. The van der Waals surface area contributed by atoms with Crippen LogP contribution < -0.4 is 10.1 Å². The second-order valence-electron chi connectivity index (χ2n) is 8.65. The summed E-state index contributed by atoms with van der Waals surface area (Å²) in [6.07, 6.45) is 7.78. The molecule has 4 rings (SSSR count). The van der Waals surface area contributed by atoms with Gasteiger partial charge in [-0.1, -0.05) is 25.3 Å². The zero-order chi connectivity index (χ0) is 22.1. The number of sulfonamides is 1. The van der Waals surface area contributed by atoms with Crippen LogP contribution in [0, 0.1) is 18.3 Å². The third kappa shape index (κ3) is 4.19. The number of ether oxygens (including phenoxy) is 1. The molecule has 1 saturated carbocycles. The van der Waals surface area contributed by atoms with Gasteiger partial charge in [0.05, 0.1) is 18.7 Å². The number of amides is 1. The van der Waals surface area contributed by atoms with Gasteiger partial charge < -0.3 is 10.1 Å². The Labute approximate surface area is 183 Å². The Bertz CT molecular complexity index is 1050. The predicted molar refractivity (Wildman–Crippen MR) is 118 cm³/mol. The molecule has 2 heterocycles. The van der Waals surface area contributed by atoms with E-state index in [1.807, 2.05) is 25.1 Å². The molecule has 0 radical (unpaired) electrons. The van der Waals surface area contributed by atoms with E-state index in [0.717, 1.165) is 37.7 Å². The van der Waals surface area contributed by atoms with Crippen LogP contribution in [-0.4, -0.2) is 43.8 Å². The van der Waals surface area contributed by atoms with Crippen molar-refractivity contribution in [2.75, 3.05) is 25.5 Å². The molecule has 1 spiro atoms. The fourth-order valence-corrected chi connectivity index (χ4v) is 6.53. The van der Waals surface area contributed by atoms with Crippen molar-refractivity contribution in [1.82, 2.24) is 9.29 Å². The number of benzene rings is 1. The summed E-state index contributed by atoms with van der Waals surface area (Å²) in [5.41, 5.74) is 1.29. The monoisotopic (exact) mass is 443 g/mol. The number of aryl methyl sites for hydroxylation is 1. The zero-order valence-corrected chi connectivity index (χ0v) is 18.8. The second-order valence-corrected chi connectivity index (χ2v) is 10.6. The number of pyridine rings is 1. The molecule has 1 N–H and O–H groups in total. The summed E-state index contributed by atoms with van der Waals surface area (Å²) in [7, 11) is -2.14. The molecular formula is C23H29N3O4S. The normalized spacial score (nSPS) is 21.2. The van der Waals surface area contributed by atoms with Crippen LogP contribution in [0.3, 0.4) is 0 Å². The Kier molecular flexibility index (Phi) is 6.03. The SMILES string of the molecule is COc1ccc(C)cc1NC(=O)[C@@H]1CN(S(=O)(=O)c2cccnc2)CC12CCCCC2. The predicted octanol–water partition coefficient (Wildman–Crippen LogP) is 3.61. The molecule has 2 aromatic rings. The third-order valence-corrected chi connectivity index (χ3v) is 8.46. The lowest BCUT2D eigenvalue weighted by molar-refractivity contribution is -0.123. The van der Waals surface area contributed by atoms with E-state index in [-0.39, 0.29) is 22.8 Å². The highest BCUT2D eigenvalue weighted by Crippen LogP contribution is 2.49. The average Bonchev–Trinajstić information content (AvgIpc) is 3.14. The van der Waals surface area contributed by atoms with Gasteiger partial charge in [0.1, 0.15) is 10.6 Å². The number of anilines is 1. The van der Waals surface area contributed by atoms with Crippen molar-refractivity contribution in [1.29, 1.82) is 0 Å². The second kappa shape index (κ2) is 8.59. The van der Waals surface area contributed by atoms with Gasteiger partial charge in [-0.15, -0.1) is 0 Å². The third-order valence-electron chi connectivity index (χ3n) is 6.67. The first-order chi connectivity index (χ1) is 14.9. The number of methoxy groups -OCH3 is 1. The van der Waals surface area contributed by atoms with E-state index < -0.39 is 15.9 Å². The Hall–Kier alpha value is -2.45. The molecule has 0 bridgehead atoms. The summed E-state index contributed by atoms with van der Waals surface area (Å²) in [6.45, 7) is 2.50. The lowest BCUT2D eigenvalue weighted by Crippen LogP contribution is -2.39. The van der Waals surface area contributed by atoms with Crippen LogP contribution in [0.1, 0.15) is 37.7 Å². The maximum Gasteiger partial charge on any atom is 0.244 e. The summed E-state index contributed by atoms with van der Waals surface area (Å²) in [6, 6.07) is 8.81. The van der Waals surface area contributed by atoms with Crippen LogP contribution in [0.5, 0.6) is 5.75 Å². The van der Waals surface area contributed by atoms with Crippen LogP contribution in [0.2, 0.25) is 0 Å². The van der Waals surface area contributed by atoms with Crippen molar-refractivity contribution >= 4 is 21.6 Å². The van der Waals surface area contributed by atoms with Gasteiger partial charge in [-0.2, -0.15) is 4.31 Å². The Morgan fingerprint density at radius 1 is 1.23 bits per heavy atom. The number of nitrogens with zero attached hydrogens (tertiary/aromatic N) is 2. The van der Waals surface area contributed by atoms with Crippen molar-refractivity contribution in [3.63, 3.8) is 0 Å². The molecule has 1 atom stereocenters. The number of hydrogen-bond acceptors (Lipinski definition) is 5. The first kappa shape index (κ1) is 21.8. The molecule has 1 amide bonds. The topological polar surface area (TPSA) is 88.6 Å². The average molecular weight is 444 g/mol. The zero-order valence-electron chi connectivity index (χ0n) is 18.0. The molecule has 31 heavy (non-hydrogen) atoms. The molecule has 8 heteroatoms.